The average molecular weight is 385 g/mol. The molecule has 0 radical (unpaired) electrons. The van der Waals surface area contributed by atoms with Gasteiger partial charge >= 0.3 is 0 Å². The molecule has 7 nitrogen and oxygen atoms in total. The minimum atomic E-state index is -0.188. The van der Waals surface area contributed by atoms with Crippen molar-refractivity contribution in [3.63, 3.8) is 0 Å². The van der Waals surface area contributed by atoms with E-state index >= 15 is 0 Å². The van der Waals surface area contributed by atoms with Crippen LogP contribution in [-0.2, 0) is 19.5 Å². The van der Waals surface area contributed by atoms with E-state index in [-0.39, 0.29) is 11.5 Å². The molecule has 28 heavy (non-hydrogen) atoms. The molecular weight excluding hydrogens is 358 g/mol. The van der Waals surface area contributed by atoms with Gasteiger partial charge in [-0.15, -0.1) is 0 Å². The number of nitrogens with zero attached hydrogens (tertiary/aromatic N) is 3. The molecule has 0 bridgehead atoms. The summed E-state index contributed by atoms with van der Waals surface area (Å²) in [6.45, 7) is 8.54. The zero-order valence-electron chi connectivity index (χ0n) is 16.7. The number of hydrogen-bond donors (Lipinski definition) is 0. The third kappa shape index (κ3) is 4.18. The van der Waals surface area contributed by atoms with Crippen molar-refractivity contribution < 1.29 is 14.3 Å². The summed E-state index contributed by atoms with van der Waals surface area (Å²) in [6, 6.07) is 6.91. The van der Waals surface area contributed by atoms with Gasteiger partial charge in [0.15, 0.2) is 11.5 Å². The van der Waals surface area contributed by atoms with E-state index < -0.39 is 0 Å². The molecule has 1 aromatic carbocycles. The zero-order valence-corrected chi connectivity index (χ0v) is 16.7. The lowest BCUT2D eigenvalue weighted by Crippen LogP contribution is -2.37. The Labute approximate surface area is 164 Å². The van der Waals surface area contributed by atoms with Crippen LogP contribution in [0, 0.1) is 0 Å². The van der Waals surface area contributed by atoms with Crippen molar-refractivity contribution >= 4 is 5.91 Å². The number of ether oxygens (including phenoxy) is 2. The summed E-state index contributed by atoms with van der Waals surface area (Å²) in [5.74, 6) is 1.28. The van der Waals surface area contributed by atoms with E-state index in [4.69, 9.17) is 9.47 Å². The van der Waals surface area contributed by atoms with E-state index in [1.54, 1.807) is 4.90 Å². The molecule has 0 spiro atoms. The van der Waals surface area contributed by atoms with Crippen LogP contribution in [0.15, 0.2) is 29.1 Å². The first-order valence-corrected chi connectivity index (χ1v) is 9.86. The standard InChI is InChI=1S/C21H27N3O4/c1-4-10-24-20(25)8-7-17(22-24)21(26)23-11-9-15-12-18(27-5-2)19(28-6-3)13-16(15)14-23/h7-8,12-13H,4-6,9-11,14H2,1-3H3. The second-order valence-electron chi connectivity index (χ2n) is 6.69. The SMILES string of the molecule is CCCn1nc(C(=O)N2CCc3cc(OCC)c(OCC)cc3C2)ccc1=O. The van der Waals surface area contributed by atoms with Crippen LogP contribution in [0.3, 0.4) is 0 Å². The molecule has 0 aliphatic carbocycles. The Bertz CT molecular complexity index is 907. The summed E-state index contributed by atoms with van der Waals surface area (Å²) in [4.78, 5) is 26.6. The molecule has 1 aliphatic rings. The van der Waals surface area contributed by atoms with Crippen molar-refractivity contribution in [1.29, 1.82) is 0 Å². The van der Waals surface area contributed by atoms with Crippen LogP contribution in [0.2, 0.25) is 0 Å². The summed E-state index contributed by atoms with van der Waals surface area (Å²) >= 11 is 0. The smallest absolute Gasteiger partial charge is 0.274 e. The van der Waals surface area contributed by atoms with Crippen molar-refractivity contribution in [3.05, 3.63) is 51.4 Å². The van der Waals surface area contributed by atoms with Gasteiger partial charge in [0, 0.05) is 25.7 Å². The van der Waals surface area contributed by atoms with Crippen LogP contribution in [0.4, 0.5) is 0 Å². The monoisotopic (exact) mass is 385 g/mol. The van der Waals surface area contributed by atoms with Crippen molar-refractivity contribution in [2.75, 3.05) is 19.8 Å². The summed E-state index contributed by atoms with van der Waals surface area (Å²) in [5.41, 5.74) is 2.33. The zero-order chi connectivity index (χ0) is 20.1. The first kappa shape index (κ1) is 19.9. The second-order valence-corrected chi connectivity index (χ2v) is 6.69. The topological polar surface area (TPSA) is 73.7 Å². The highest BCUT2D eigenvalue weighted by Crippen LogP contribution is 2.34. The van der Waals surface area contributed by atoms with E-state index in [9.17, 15) is 9.59 Å². The molecule has 0 atom stereocenters. The van der Waals surface area contributed by atoms with Gasteiger partial charge in [-0.1, -0.05) is 6.92 Å². The maximum Gasteiger partial charge on any atom is 0.274 e. The van der Waals surface area contributed by atoms with Crippen LogP contribution in [-0.4, -0.2) is 40.3 Å². The molecule has 1 amide bonds. The number of amides is 1. The summed E-state index contributed by atoms with van der Waals surface area (Å²) in [6.07, 6.45) is 1.52. The van der Waals surface area contributed by atoms with Gasteiger partial charge in [-0.2, -0.15) is 5.10 Å². The van der Waals surface area contributed by atoms with Gasteiger partial charge in [-0.25, -0.2) is 4.68 Å². The van der Waals surface area contributed by atoms with Crippen molar-refractivity contribution in [1.82, 2.24) is 14.7 Å². The van der Waals surface area contributed by atoms with Crippen molar-refractivity contribution in [2.24, 2.45) is 0 Å². The van der Waals surface area contributed by atoms with Gasteiger partial charge in [0.2, 0.25) is 0 Å². The number of carbonyl (C=O) groups excluding carboxylic acids is 1. The minimum absolute atomic E-state index is 0.164. The summed E-state index contributed by atoms with van der Waals surface area (Å²) < 4.78 is 12.8. The first-order chi connectivity index (χ1) is 13.6. The van der Waals surface area contributed by atoms with Crippen LogP contribution in [0.25, 0.3) is 0 Å². The minimum Gasteiger partial charge on any atom is -0.490 e. The maximum atomic E-state index is 12.9. The molecular formula is C21H27N3O4. The lowest BCUT2D eigenvalue weighted by molar-refractivity contribution is 0.0725. The predicted octanol–water partition coefficient (Wildman–Crippen LogP) is 2.65. The van der Waals surface area contributed by atoms with Crippen molar-refractivity contribution in [2.45, 2.75) is 46.7 Å². The fourth-order valence-electron chi connectivity index (χ4n) is 3.37. The Balaban J connectivity index is 1.84. The molecule has 150 valence electrons. The third-order valence-electron chi connectivity index (χ3n) is 4.69. The van der Waals surface area contributed by atoms with Gasteiger partial charge in [0.25, 0.3) is 11.5 Å². The number of aromatic nitrogens is 2. The number of carbonyl (C=O) groups is 1. The fourth-order valence-corrected chi connectivity index (χ4v) is 3.37. The quantitative estimate of drug-likeness (QED) is 0.733. The molecule has 2 heterocycles. The number of rotatable bonds is 7. The Kier molecular flexibility index (Phi) is 6.34. The van der Waals surface area contributed by atoms with E-state index in [1.165, 1.54) is 22.4 Å². The molecule has 0 saturated carbocycles. The van der Waals surface area contributed by atoms with E-state index in [0.717, 1.165) is 24.2 Å². The van der Waals surface area contributed by atoms with Crippen LogP contribution < -0.4 is 15.0 Å². The molecule has 7 heteroatoms. The normalized spacial score (nSPS) is 13.2. The maximum absolute atomic E-state index is 12.9. The predicted molar refractivity (Wildman–Crippen MR) is 106 cm³/mol. The molecule has 1 aliphatic heterocycles. The molecule has 0 saturated heterocycles. The van der Waals surface area contributed by atoms with E-state index in [1.807, 2.05) is 32.9 Å². The number of fused-ring (bicyclic) bond motifs is 1. The number of hydrogen-bond acceptors (Lipinski definition) is 5. The highest BCUT2D eigenvalue weighted by atomic mass is 16.5. The van der Waals surface area contributed by atoms with E-state index in [0.29, 0.717) is 44.3 Å². The Morgan fingerprint density at radius 3 is 2.39 bits per heavy atom. The van der Waals surface area contributed by atoms with Crippen LogP contribution >= 0.6 is 0 Å². The lowest BCUT2D eigenvalue weighted by atomic mass is 9.98. The first-order valence-electron chi connectivity index (χ1n) is 9.86. The Morgan fingerprint density at radius 1 is 1.07 bits per heavy atom. The molecule has 0 fully saturated rings. The fraction of sp³-hybridized carbons (Fsp3) is 0.476. The molecule has 2 aromatic rings. The largest absolute Gasteiger partial charge is 0.490 e. The van der Waals surface area contributed by atoms with Gasteiger partial charge in [-0.05, 0) is 56.0 Å². The second kappa shape index (κ2) is 8.91. The van der Waals surface area contributed by atoms with Gasteiger partial charge in [0.1, 0.15) is 5.69 Å². The van der Waals surface area contributed by atoms with Gasteiger partial charge in [-0.3, -0.25) is 9.59 Å². The van der Waals surface area contributed by atoms with Gasteiger partial charge in [0.05, 0.1) is 13.2 Å². The van der Waals surface area contributed by atoms with Crippen LogP contribution in [0.1, 0.15) is 48.8 Å². The molecule has 1 aromatic heterocycles. The highest BCUT2D eigenvalue weighted by molar-refractivity contribution is 5.92. The highest BCUT2D eigenvalue weighted by Gasteiger charge is 2.25. The molecule has 0 unspecified atom stereocenters. The van der Waals surface area contributed by atoms with E-state index in [2.05, 4.69) is 5.10 Å². The third-order valence-corrected chi connectivity index (χ3v) is 4.69. The Hall–Kier alpha value is -2.83. The summed E-state index contributed by atoms with van der Waals surface area (Å²) in [7, 11) is 0. The lowest BCUT2D eigenvalue weighted by Gasteiger charge is -2.29. The number of aryl methyl sites for hydroxylation is 1. The number of benzene rings is 1. The van der Waals surface area contributed by atoms with Gasteiger partial charge < -0.3 is 14.4 Å². The van der Waals surface area contributed by atoms with Crippen molar-refractivity contribution in [3.8, 4) is 11.5 Å². The molecule has 3 rings (SSSR count). The van der Waals surface area contributed by atoms with Crippen LogP contribution in [0.5, 0.6) is 11.5 Å². The molecule has 0 N–H and O–H groups in total. The average Bonchev–Trinajstić information content (AvgIpc) is 2.70. The Morgan fingerprint density at radius 2 is 1.75 bits per heavy atom. The summed E-state index contributed by atoms with van der Waals surface area (Å²) in [5, 5.41) is 4.25.